The second-order valence-electron chi connectivity index (χ2n) is 5.46. The first-order valence-electron chi connectivity index (χ1n) is 7.07. The van der Waals surface area contributed by atoms with E-state index in [2.05, 4.69) is 48.5 Å². The van der Waals surface area contributed by atoms with Crippen molar-refractivity contribution in [2.75, 3.05) is 6.61 Å². The first-order chi connectivity index (χ1) is 9.66. The van der Waals surface area contributed by atoms with Gasteiger partial charge in [-0.25, -0.2) is 0 Å². The lowest BCUT2D eigenvalue weighted by Gasteiger charge is -2.29. The van der Waals surface area contributed by atoms with Crippen molar-refractivity contribution in [3.63, 3.8) is 0 Å². The van der Waals surface area contributed by atoms with E-state index in [1.54, 1.807) is 0 Å². The molecule has 0 spiro atoms. The molecule has 0 radical (unpaired) electrons. The highest BCUT2D eigenvalue weighted by molar-refractivity contribution is 5.31. The van der Waals surface area contributed by atoms with Gasteiger partial charge in [0.15, 0.2) is 0 Å². The molecule has 2 heterocycles. The summed E-state index contributed by atoms with van der Waals surface area (Å²) >= 11 is 0. The number of benzene rings is 1. The summed E-state index contributed by atoms with van der Waals surface area (Å²) < 4.78 is 7.61. The van der Waals surface area contributed by atoms with Crippen LogP contribution in [0.5, 0.6) is 0 Å². The van der Waals surface area contributed by atoms with Crippen molar-refractivity contribution in [2.24, 2.45) is 7.05 Å². The molecule has 3 rings (SSSR count). The van der Waals surface area contributed by atoms with Gasteiger partial charge >= 0.3 is 0 Å². The zero-order valence-corrected chi connectivity index (χ0v) is 12.3. The SMILES string of the molecule is Cc1c(C(C)NC2COCc3ccccc32)cnn1C. The van der Waals surface area contributed by atoms with Gasteiger partial charge in [-0.05, 0) is 25.0 Å². The molecule has 4 heteroatoms. The summed E-state index contributed by atoms with van der Waals surface area (Å²) in [6.07, 6.45) is 1.95. The number of nitrogens with one attached hydrogen (secondary N) is 1. The summed E-state index contributed by atoms with van der Waals surface area (Å²) in [4.78, 5) is 0. The third-order valence-electron chi connectivity index (χ3n) is 4.16. The maximum atomic E-state index is 5.70. The lowest BCUT2D eigenvalue weighted by atomic mass is 9.97. The monoisotopic (exact) mass is 271 g/mol. The number of hydrogen-bond acceptors (Lipinski definition) is 3. The molecule has 0 bridgehead atoms. The smallest absolute Gasteiger partial charge is 0.0721 e. The minimum atomic E-state index is 0.245. The summed E-state index contributed by atoms with van der Waals surface area (Å²) in [5, 5.41) is 7.99. The van der Waals surface area contributed by atoms with E-state index in [0.29, 0.717) is 6.61 Å². The number of ether oxygens (including phenoxy) is 1. The standard InChI is InChI=1S/C16H21N3O/c1-11(15-8-17-19(3)12(15)2)18-16-10-20-9-13-6-4-5-7-14(13)16/h4-8,11,16,18H,9-10H2,1-3H3. The van der Waals surface area contributed by atoms with Gasteiger partial charge in [0.25, 0.3) is 0 Å². The van der Waals surface area contributed by atoms with Crippen LogP contribution in [0.15, 0.2) is 30.5 Å². The van der Waals surface area contributed by atoms with Crippen LogP contribution in [0.3, 0.4) is 0 Å². The average molecular weight is 271 g/mol. The predicted octanol–water partition coefficient (Wildman–Crippen LogP) is 2.65. The van der Waals surface area contributed by atoms with Crippen molar-refractivity contribution in [3.05, 3.63) is 52.8 Å². The van der Waals surface area contributed by atoms with Gasteiger partial charge in [0, 0.05) is 24.3 Å². The molecule has 0 amide bonds. The van der Waals surface area contributed by atoms with E-state index in [-0.39, 0.29) is 12.1 Å². The van der Waals surface area contributed by atoms with E-state index in [9.17, 15) is 0 Å². The maximum absolute atomic E-state index is 5.70. The molecule has 20 heavy (non-hydrogen) atoms. The second kappa shape index (κ2) is 5.38. The van der Waals surface area contributed by atoms with Gasteiger partial charge in [-0.1, -0.05) is 24.3 Å². The molecule has 1 aromatic heterocycles. The fourth-order valence-corrected chi connectivity index (χ4v) is 2.85. The van der Waals surface area contributed by atoms with Crippen LogP contribution in [0.25, 0.3) is 0 Å². The Hall–Kier alpha value is -1.65. The summed E-state index contributed by atoms with van der Waals surface area (Å²) in [5.74, 6) is 0. The van der Waals surface area contributed by atoms with Crippen LogP contribution in [0.2, 0.25) is 0 Å². The fraction of sp³-hybridized carbons (Fsp3) is 0.438. The second-order valence-corrected chi connectivity index (χ2v) is 5.46. The number of nitrogens with zero attached hydrogens (tertiary/aromatic N) is 2. The largest absolute Gasteiger partial charge is 0.375 e. The number of aromatic nitrogens is 2. The lowest BCUT2D eigenvalue weighted by molar-refractivity contribution is 0.0790. The van der Waals surface area contributed by atoms with Crippen LogP contribution in [0.4, 0.5) is 0 Å². The Morgan fingerprint density at radius 2 is 2.20 bits per heavy atom. The molecular formula is C16H21N3O. The Morgan fingerprint density at radius 3 is 2.95 bits per heavy atom. The van der Waals surface area contributed by atoms with Crippen LogP contribution in [0, 0.1) is 6.92 Å². The third kappa shape index (κ3) is 2.37. The molecule has 2 atom stereocenters. The molecule has 1 aromatic carbocycles. The fourth-order valence-electron chi connectivity index (χ4n) is 2.85. The summed E-state index contributed by atoms with van der Waals surface area (Å²) in [6, 6.07) is 9.00. The molecule has 0 saturated carbocycles. The van der Waals surface area contributed by atoms with Crippen molar-refractivity contribution in [3.8, 4) is 0 Å². The molecule has 1 aliphatic rings. The Bertz CT molecular complexity index is 606. The first kappa shape index (κ1) is 13.3. The highest BCUT2D eigenvalue weighted by Gasteiger charge is 2.23. The van der Waals surface area contributed by atoms with Crippen molar-refractivity contribution < 1.29 is 4.74 Å². The molecule has 4 nitrogen and oxygen atoms in total. The third-order valence-corrected chi connectivity index (χ3v) is 4.16. The lowest BCUT2D eigenvalue weighted by Crippen LogP contribution is -2.31. The summed E-state index contributed by atoms with van der Waals surface area (Å²) in [7, 11) is 1.98. The van der Waals surface area contributed by atoms with E-state index in [0.717, 1.165) is 6.61 Å². The number of hydrogen-bond donors (Lipinski definition) is 1. The minimum absolute atomic E-state index is 0.245. The molecule has 2 unspecified atom stereocenters. The van der Waals surface area contributed by atoms with Gasteiger partial charge in [-0.15, -0.1) is 0 Å². The zero-order chi connectivity index (χ0) is 14.1. The van der Waals surface area contributed by atoms with E-state index < -0.39 is 0 Å². The van der Waals surface area contributed by atoms with Crippen molar-refractivity contribution >= 4 is 0 Å². The maximum Gasteiger partial charge on any atom is 0.0721 e. The van der Waals surface area contributed by atoms with Gasteiger partial charge in [0.2, 0.25) is 0 Å². The van der Waals surface area contributed by atoms with E-state index in [1.165, 1.54) is 22.4 Å². The van der Waals surface area contributed by atoms with E-state index in [4.69, 9.17) is 4.74 Å². The molecular weight excluding hydrogens is 250 g/mol. The van der Waals surface area contributed by atoms with E-state index >= 15 is 0 Å². The number of fused-ring (bicyclic) bond motifs is 1. The van der Waals surface area contributed by atoms with Gasteiger partial charge in [-0.2, -0.15) is 5.10 Å². The summed E-state index contributed by atoms with van der Waals surface area (Å²) in [5.41, 5.74) is 5.09. The number of rotatable bonds is 3. The van der Waals surface area contributed by atoms with Crippen LogP contribution >= 0.6 is 0 Å². The molecule has 0 saturated heterocycles. The zero-order valence-electron chi connectivity index (χ0n) is 12.3. The van der Waals surface area contributed by atoms with Crippen LogP contribution in [0.1, 0.15) is 41.4 Å². The van der Waals surface area contributed by atoms with Gasteiger partial charge in [0.05, 0.1) is 25.5 Å². The summed E-state index contributed by atoms with van der Waals surface area (Å²) in [6.45, 7) is 5.72. The van der Waals surface area contributed by atoms with E-state index in [1.807, 2.05) is 17.9 Å². The molecule has 0 fully saturated rings. The Kier molecular flexibility index (Phi) is 3.59. The predicted molar refractivity (Wildman–Crippen MR) is 78.3 cm³/mol. The molecule has 1 N–H and O–H groups in total. The Labute approximate surface area is 119 Å². The molecule has 0 aliphatic carbocycles. The highest BCUT2D eigenvalue weighted by Crippen LogP contribution is 2.27. The first-order valence-corrected chi connectivity index (χ1v) is 7.07. The molecule has 106 valence electrons. The minimum Gasteiger partial charge on any atom is -0.375 e. The van der Waals surface area contributed by atoms with Gasteiger partial charge in [-0.3, -0.25) is 4.68 Å². The van der Waals surface area contributed by atoms with Crippen molar-refractivity contribution in [1.82, 2.24) is 15.1 Å². The molecule has 2 aromatic rings. The normalized spacial score (nSPS) is 19.6. The quantitative estimate of drug-likeness (QED) is 0.933. The molecule has 1 aliphatic heterocycles. The van der Waals surface area contributed by atoms with Gasteiger partial charge in [0.1, 0.15) is 0 Å². The van der Waals surface area contributed by atoms with Crippen LogP contribution in [-0.4, -0.2) is 16.4 Å². The number of aryl methyl sites for hydroxylation is 1. The van der Waals surface area contributed by atoms with Crippen molar-refractivity contribution in [1.29, 1.82) is 0 Å². The Morgan fingerprint density at radius 1 is 1.40 bits per heavy atom. The topological polar surface area (TPSA) is 39.1 Å². The van der Waals surface area contributed by atoms with Crippen LogP contribution in [-0.2, 0) is 18.4 Å². The average Bonchev–Trinajstić information content (AvgIpc) is 2.79. The highest BCUT2D eigenvalue weighted by atomic mass is 16.5. The Balaban J connectivity index is 1.80. The van der Waals surface area contributed by atoms with Crippen molar-refractivity contribution in [2.45, 2.75) is 32.5 Å². The van der Waals surface area contributed by atoms with Gasteiger partial charge < -0.3 is 10.1 Å². The van der Waals surface area contributed by atoms with Crippen LogP contribution < -0.4 is 5.32 Å².